The number of nitrogens with zero attached hydrogens (tertiary/aromatic N) is 1. The first-order valence-electron chi connectivity index (χ1n) is 17.9. The summed E-state index contributed by atoms with van der Waals surface area (Å²) in [5, 5.41) is 0. The summed E-state index contributed by atoms with van der Waals surface area (Å²) in [5.74, 6) is -3.91. The van der Waals surface area contributed by atoms with Gasteiger partial charge in [0.05, 0.1) is 0 Å². The van der Waals surface area contributed by atoms with Crippen LogP contribution < -0.4 is 0 Å². The van der Waals surface area contributed by atoms with Gasteiger partial charge in [-0.3, -0.25) is 9.59 Å². The molecule has 3 rings (SSSR count). The Morgan fingerprint density at radius 2 is 1.47 bits per heavy atom. The van der Waals surface area contributed by atoms with Gasteiger partial charge < -0.3 is 4.74 Å². The van der Waals surface area contributed by atoms with E-state index in [-0.39, 0.29) is 48.2 Å². The number of carbonyl (C=O) groups is 5. The minimum atomic E-state index is -1.14. The van der Waals surface area contributed by atoms with Crippen molar-refractivity contribution in [1.82, 2.24) is 4.90 Å². The number of hydrogen-bond donors (Lipinski definition) is 0. The third-order valence-electron chi connectivity index (χ3n) is 13.7. The van der Waals surface area contributed by atoms with E-state index in [1.54, 1.807) is 0 Å². The van der Waals surface area contributed by atoms with Gasteiger partial charge in [0.25, 0.3) is 0 Å². The fraction of sp³-hybridized carbons (Fsp3) is 0.846. The number of Topliss-reactive ketones (excluding diaryl/α,β-unsaturated/α-hetero) is 1. The summed E-state index contributed by atoms with van der Waals surface area (Å²) in [6, 6.07) is 0.179. The molecule has 3 fully saturated rings. The van der Waals surface area contributed by atoms with Gasteiger partial charge in [-0.2, -0.15) is 0 Å². The number of ketones is 1. The van der Waals surface area contributed by atoms with Crippen LogP contribution in [0.2, 0.25) is 0 Å². The molecule has 2 aliphatic heterocycles. The molecule has 1 saturated carbocycles. The zero-order valence-corrected chi connectivity index (χ0v) is 35.8. The molecule has 2 saturated heterocycles. The summed E-state index contributed by atoms with van der Waals surface area (Å²) < 4.78 is 18.0. The van der Waals surface area contributed by atoms with E-state index in [0.717, 1.165) is 25.8 Å². The van der Waals surface area contributed by atoms with Gasteiger partial charge in [-0.1, -0.05) is 0 Å². The van der Waals surface area contributed by atoms with E-state index in [4.69, 9.17) is 14.2 Å². The first-order chi connectivity index (χ1) is 22.0. The molecule has 278 valence electrons. The van der Waals surface area contributed by atoms with Gasteiger partial charge in [0.1, 0.15) is 25.4 Å². The van der Waals surface area contributed by atoms with Gasteiger partial charge in [-0.25, -0.2) is 0 Å². The predicted molar refractivity (Wildman–Crippen MR) is 185 cm³/mol. The molecule has 49 heavy (non-hydrogen) atoms. The van der Waals surface area contributed by atoms with E-state index >= 15 is 0 Å². The Hall–Kier alpha value is -1.73. The molecular formula is C39H63NO8W. The second-order valence-corrected chi connectivity index (χ2v) is 20.8. The Balaban J connectivity index is 2.04. The molecule has 0 aromatic heterocycles. The van der Waals surface area contributed by atoms with E-state index in [1.807, 2.05) is 48.5 Å². The molecular weight excluding hydrogens is 794 g/mol. The van der Waals surface area contributed by atoms with Crippen molar-refractivity contribution in [1.29, 1.82) is 0 Å². The van der Waals surface area contributed by atoms with Crippen LogP contribution in [0.4, 0.5) is 0 Å². The molecule has 3 aliphatic rings. The van der Waals surface area contributed by atoms with E-state index in [1.165, 1.54) is 30.3 Å². The average Bonchev–Trinajstić information content (AvgIpc) is 3.34. The summed E-state index contributed by atoms with van der Waals surface area (Å²) in [4.78, 5) is 67.7. The molecule has 10 heteroatoms. The third kappa shape index (κ3) is 7.19. The van der Waals surface area contributed by atoms with Crippen LogP contribution in [-0.4, -0.2) is 64.4 Å². The van der Waals surface area contributed by atoms with Crippen LogP contribution in [0.25, 0.3) is 0 Å². The van der Waals surface area contributed by atoms with Crippen molar-refractivity contribution >= 4 is 33.7 Å². The second kappa shape index (κ2) is 13.7. The molecule has 0 bridgehead atoms. The number of likely N-dealkylation sites (tertiary alicyclic amines) is 1. The molecule has 9 nitrogen and oxygen atoms in total. The number of rotatable bonds is 13. The second-order valence-electron chi connectivity index (χ2n) is 19.2. The van der Waals surface area contributed by atoms with Crippen molar-refractivity contribution in [3.05, 3.63) is 0 Å². The van der Waals surface area contributed by atoms with Gasteiger partial charge in [0.15, 0.2) is 0 Å². The topological polar surface area (TPSA) is 116 Å². The molecule has 6 atom stereocenters. The first-order valence-corrected chi connectivity index (χ1v) is 19.4. The molecule has 0 amide bonds. The van der Waals surface area contributed by atoms with Crippen LogP contribution in [-0.2, 0) is 57.5 Å². The maximum atomic E-state index is 14.2. The fourth-order valence-electron chi connectivity index (χ4n) is 9.29. The van der Waals surface area contributed by atoms with Crippen LogP contribution in [0.5, 0.6) is 0 Å². The Bertz CT molecular complexity index is 1370. The zero-order chi connectivity index (χ0) is 37.9. The van der Waals surface area contributed by atoms with Crippen LogP contribution in [0, 0.1) is 55.7 Å². The molecule has 1 aliphatic carbocycles. The van der Waals surface area contributed by atoms with Crippen molar-refractivity contribution in [2.45, 2.75) is 136 Å². The molecule has 2 heterocycles. The Kier molecular flexibility index (Phi) is 11.6. The summed E-state index contributed by atoms with van der Waals surface area (Å²) in [7, 11) is 0. The summed E-state index contributed by atoms with van der Waals surface area (Å²) in [5.41, 5.74) is -4.29. The van der Waals surface area contributed by atoms with Crippen LogP contribution in [0.1, 0.15) is 130 Å². The van der Waals surface area contributed by atoms with E-state index in [0.29, 0.717) is 0 Å². The molecule has 0 radical (unpaired) electrons. The Labute approximate surface area is 306 Å². The van der Waals surface area contributed by atoms with E-state index < -0.39 is 62.8 Å². The van der Waals surface area contributed by atoms with Gasteiger partial charge >= 0.3 is 260 Å². The van der Waals surface area contributed by atoms with Crippen LogP contribution >= 0.6 is 0 Å². The van der Waals surface area contributed by atoms with Gasteiger partial charge in [0.2, 0.25) is 0 Å². The van der Waals surface area contributed by atoms with Crippen molar-refractivity contribution in [2.24, 2.45) is 55.7 Å². The van der Waals surface area contributed by atoms with Crippen molar-refractivity contribution in [3.63, 3.8) is 0 Å². The normalized spacial score (nSPS) is 27.2. The number of fused-ring (bicyclic) bond motifs is 1. The predicted octanol–water partition coefficient (Wildman–Crippen LogP) is 6.71. The van der Waals surface area contributed by atoms with Crippen LogP contribution in [0.3, 0.4) is 0 Å². The van der Waals surface area contributed by atoms with E-state index in [2.05, 4.69) is 53.4 Å². The average molecular weight is 858 g/mol. The number of cyclic esters (lactones) is 2. The van der Waals surface area contributed by atoms with Gasteiger partial charge in [-0.15, -0.1) is 0 Å². The molecule has 0 spiro atoms. The summed E-state index contributed by atoms with van der Waals surface area (Å²) in [6.45, 7) is 31.7. The molecule has 6 unspecified atom stereocenters. The molecule has 0 aromatic carbocycles. The SMILES string of the molecule is CC(=O)CC(=O)OCCOC(=O)C(C)(C(C)(C)C)C(C)(C)C1(C)C2C(=O)OC(=O)C(C(C)(C)C(C)(C)C(CC(C)(C)C)N3CCC[C]3=[W])C21. The fourth-order valence-corrected chi connectivity index (χ4v) is 10.6. The standard InChI is InChI=1S/C39H63NO8.W/c1-24(41)22-26(42)46-20-21-47-32(45)39(15,34(5,6)7)37(12,13)38(14)27-28(30(43)48-31(44)29(27)38)36(10,11)35(8,9)25(23-33(2,3)4)40-18-16-17-19-40;/h25,27-29H,16-18,20-23H2,1-15H3;. The van der Waals surface area contributed by atoms with Crippen LogP contribution in [0.15, 0.2) is 0 Å². The number of hydrogen-bond acceptors (Lipinski definition) is 9. The van der Waals surface area contributed by atoms with Crippen molar-refractivity contribution in [3.8, 4) is 0 Å². The Morgan fingerprint density at radius 1 is 0.918 bits per heavy atom. The monoisotopic (exact) mass is 857 g/mol. The molecule has 0 aromatic rings. The zero-order valence-electron chi connectivity index (χ0n) is 32.9. The molecule has 0 N–H and O–H groups in total. The minimum absolute atomic E-state index is 0.0541. The van der Waals surface area contributed by atoms with Gasteiger partial charge in [0, 0.05) is 0 Å². The summed E-state index contributed by atoms with van der Waals surface area (Å²) >= 11 is 1.49. The Morgan fingerprint density at radius 3 is 1.94 bits per heavy atom. The van der Waals surface area contributed by atoms with Gasteiger partial charge in [-0.05, 0) is 6.92 Å². The van der Waals surface area contributed by atoms with E-state index in [9.17, 15) is 24.0 Å². The number of esters is 4. The quantitative estimate of drug-likeness (QED) is 0.0863. The number of carbonyl (C=O) groups excluding carboxylic acids is 5. The number of ether oxygens (including phenoxy) is 3. The van der Waals surface area contributed by atoms with Crippen molar-refractivity contribution < 1.29 is 57.5 Å². The third-order valence-corrected chi connectivity index (χ3v) is 15.3. The maximum absolute atomic E-state index is 14.2. The van der Waals surface area contributed by atoms with Crippen molar-refractivity contribution in [2.75, 3.05) is 19.8 Å². The summed E-state index contributed by atoms with van der Waals surface area (Å²) in [6.07, 6.45) is 2.86. The first kappa shape index (κ1) is 41.7.